The SMILES string of the molecule is COc1cc(CNC(=O)COc2ccc3cc(Br)ccc3c2)ccc1OC(F)F. The number of alkyl halides is 2. The molecule has 0 bridgehead atoms. The van der Waals surface area contributed by atoms with Crippen molar-refractivity contribution < 1.29 is 27.8 Å². The second-order valence-corrected chi connectivity index (χ2v) is 7.00. The number of hydrogen-bond donors (Lipinski definition) is 1. The summed E-state index contributed by atoms with van der Waals surface area (Å²) < 4.78 is 40.7. The van der Waals surface area contributed by atoms with E-state index >= 15 is 0 Å². The Morgan fingerprint density at radius 3 is 2.55 bits per heavy atom. The van der Waals surface area contributed by atoms with Crippen molar-refractivity contribution in [3.63, 3.8) is 0 Å². The Morgan fingerprint density at radius 2 is 1.79 bits per heavy atom. The lowest BCUT2D eigenvalue weighted by Gasteiger charge is -2.12. The van der Waals surface area contributed by atoms with E-state index in [-0.39, 0.29) is 30.6 Å². The average Bonchev–Trinajstić information content (AvgIpc) is 2.71. The summed E-state index contributed by atoms with van der Waals surface area (Å²) in [6.45, 7) is -2.89. The summed E-state index contributed by atoms with van der Waals surface area (Å²) in [5, 5.41) is 4.77. The molecule has 1 N–H and O–H groups in total. The summed E-state index contributed by atoms with van der Waals surface area (Å²) in [5.41, 5.74) is 0.674. The van der Waals surface area contributed by atoms with Gasteiger partial charge in [0.25, 0.3) is 5.91 Å². The molecule has 0 atom stereocenters. The van der Waals surface area contributed by atoms with Gasteiger partial charge >= 0.3 is 6.61 Å². The molecule has 0 heterocycles. The van der Waals surface area contributed by atoms with Crippen LogP contribution in [0.2, 0.25) is 0 Å². The average molecular weight is 466 g/mol. The first-order chi connectivity index (χ1) is 13.9. The Labute approximate surface area is 174 Å². The number of carbonyl (C=O) groups excluding carboxylic acids is 1. The smallest absolute Gasteiger partial charge is 0.387 e. The molecule has 0 saturated heterocycles. The van der Waals surface area contributed by atoms with Crippen LogP contribution in [-0.2, 0) is 11.3 Å². The van der Waals surface area contributed by atoms with E-state index in [0.717, 1.165) is 15.2 Å². The molecule has 3 rings (SSSR count). The Hall–Kier alpha value is -2.87. The molecule has 0 unspecified atom stereocenters. The highest BCUT2D eigenvalue weighted by Crippen LogP contribution is 2.29. The minimum Gasteiger partial charge on any atom is -0.493 e. The predicted octanol–water partition coefficient (Wildman–Crippen LogP) is 4.91. The van der Waals surface area contributed by atoms with Gasteiger partial charge in [0.1, 0.15) is 5.75 Å². The van der Waals surface area contributed by atoms with Gasteiger partial charge in [0, 0.05) is 11.0 Å². The van der Waals surface area contributed by atoms with Gasteiger partial charge in [-0.05, 0) is 52.7 Å². The molecule has 1 amide bonds. The van der Waals surface area contributed by atoms with Gasteiger partial charge in [-0.25, -0.2) is 0 Å². The topological polar surface area (TPSA) is 56.8 Å². The van der Waals surface area contributed by atoms with Crippen LogP contribution in [0.5, 0.6) is 17.2 Å². The zero-order valence-corrected chi connectivity index (χ0v) is 17.0. The first-order valence-electron chi connectivity index (χ1n) is 8.65. The van der Waals surface area contributed by atoms with E-state index in [1.807, 2.05) is 30.3 Å². The van der Waals surface area contributed by atoms with E-state index in [1.54, 1.807) is 12.1 Å². The summed E-state index contributed by atoms with van der Waals surface area (Å²) in [7, 11) is 1.35. The van der Waals surface area contributed by atoms with Crippen molar-refractivity contribution in [1.29, 1.82) is 0 Å². The fourth-order valence-electron chi connectivity index (χ4n) is 2.70. The maximum absolute atomic E-state index is 12.4. The number of rotatable bonds is 8. The molecule has 8 heteroatoms. The van der Waals surface area contributed by atoms with Crippen LogP contribution in [0.4, 0.5) is 8.78 Å². The first-order valence-corrected chi connectivity index (χ1v) is 9.44. The number of nitrogens with one attached hydrogen (secondary N) is 1. The van der Waals surface area contributed by atoms with Gasteiger partial charge in [0.05, 0.1) is 7.11 Å². The molecule has 0 radical (unpaired) electrons. The summed E-state index contributed by atoms with van der Waals surface area (Å²) >= 11 is 3.43. The molecular formula is C21H18BrF2NO4. The van der Waals surface area contributed by atoms with E-state index in [1.165, 1.54) is 19.2 Å². The van der Waals surface area contributed by atoms with Gasteiger partial charge in [0.15, 0.2) is 18.1 Å². The lowest BCUT2D eigenvalue weighted by molar-refractivity contribution is -0.123. The Morgan fingerprint density at radius 1 is 1.03 bits per heavy atom. The minimum atomic E-state index is -2.94. The Kier molecular flexibility index (Phi) is 6.87. The zero-order valence-electron chi connectivity index (χ0n) is 15.5. The lowest BCUT2D eigenvalue weighted by atomic mass is 10.1. The van der Waals surface area contributed by atoms with Crippen molar-refractivity contribution >= 4 is 32.6 Å². The Bertz CT molecular complexity index is 1010. The number of halogens is 3. The number of methoxy groups -OCH3 is 1. The summed E-state index contributed by atoms with van der Waals surface area (Å²) in [6.07, 6.45) is 0. The van der Waals surface area contributed by atoms with Crippen LogP contribution in [-0.4, -0.2) is 26.2 Å². The molecule has 0 saturated carbocycles. The van der Waals surface area contributed by atoms with Gasteiger partial charge < -0.3 is 19.5 Å². The van der Waals surface area contributed by atoms with Crippen LogP contribution in [0, 0.1) is 0 Å². The second-order valence-electron chi connectivity index (χ2n) is 6.08. The van der Waals surface area contributed by atoms with Crippen LogP contribution >= 0.6 is 15.9 Å². The minimum absolute atomic E-state index is 0.0655. The van der Waals surface area contributed by atoms with Crippen LogP contribution in [0.15, 0.2) is 59.1 Å². The zero-order chi connectivity index (χ0) is 20.8. The van der Waals surface area contributed by atoms with Gasteiger partial charge in [-0.2, -0.15) is 8.78 Å². The van der Waals surface area contributed by atoms with Gasteiger partial charge in [0.2, 0.25) is 0 Å². The fraction of sp³-hybridized carbons (Fsp3) is 0.190. The molecular weight excluding hydrogens is 448 g/mol. The highest BCUT2D eigenvalue weighted by molar-refractivity contribution is 9.10. The summed E-state index contributed by atoms with van der Waals surface area (Å²) in [5.74, 6) is 0.373. The molecule has 29 heavy (non-hydrogen) atoms. The van der Waals surface area contributed by atoms with Crippen LogP contribution in [0.25, 0.3) is 10.8 Å². The Balaban J connectivity index is 1.54. The summed E-state index contributed by atoms with van der Waals surface area (Å²) in [6, 6.07) is 15.9. The normalized spacial score (nSPS) is 10.8. The molecule has 0 spiro atoms. The van der Waals surface area contributed by atoms with Crippen molar-refractivity contribution in [1.82, 2.24) is 5.32 Å². The van der Waals surface area contributed by atoms with Crippen molar-refractivity contribution in [3.8, 4) is 17.2 Å². The second kappa shape index (κ2) is 9.56. The fourth-order valence-corrected chi connectivity index (χ4v) is 3.08. The third kappa shape index (κ3) is 5.80. The monoisotopic (exact) mass is 465 g/mol. The van der Waals surface area contributed by atoms with Crippen LogP contribution in [0.3, 0.4) is 0 Å². The maximum atomic E-state index is 12.4. The molecule has 0 aliphatic heterocycles. The molecule has 3 aromatic rings. The van der Waals surface area contributed by atoms with Crippen molar-refractivity contribution in [2.75, 3.05) is 13.7 Å². The van der Waals surface area contributed by atoms with Crippen LogP contribution in [0.1, 0.15) is 5.56 Å². The predicted molar refractivity (Wildman–Crippen MR) is 109 cm³/mol. The molecule has 0 aliphatic rings. The first kappa shape index (κ1) is 20.9. The van der Waals surface area contributed by atoms with E-state index in [4.69, 9.17) is 9.47 Å². The summed E-state index contributed by atoms with van der Waals surface area (Å²) in [4.78, 5) is 12.1. The number of ether oxygens (including phenoxy) is 3. The third-order valence-corrected chi connectivity index (χ3v) is 4.57. The van der Waals surface area contributed by atoms with E-state index in [0.29, 0.717) is 11.3 Å². The maximum Gasteiger partial charge on any atom is 0.387 e. The van der Waals surface area contributed by atoms with Crippen LogP contribution < -0.4 is 19.5 Å². The molecule has 0 fully saturated rings. The highest BCUT2D eigenvalue weighted by atomic mass is 79.9. The van der Waals surface area contributed by atoms with Crippen molar-refractivity contribution in [2.24, 2.45) is 0 Å². The molecule has 0 aliphatic carbocycles. The lowest BCUT2D eigenvalue weighted by Crippen LogP contribution is -2.28. The third-order valence-electron chi connectivity index (χ3n) is 4.08. The van der Waals surface area contributed by atoms with Gasteiger partial charge in [-0.1, -0.05) is 34.1 Å². The molecule has 0 aromatic heterocycles. The van der Waals surface area contributed by atoms with Gasteiger partial charge in [-0.3, -0.25) is 4.79 Å². The number of fused-ring (bicyclic) bond motifs is 1. The van der Waals surface area contributed by atoms with Crippen molar-refractivity contribution in [3.05, 3.63) is 64.6 Å². The number of amides is 1. The van der Waals surface area contributed by atoms with Gasteiger partial charge in [-0.15, -0.1) is 0 Å². The molecule has 3 aromatic carbocycles. The number of carbonyl (C=O) groups is 1. The van der Waals surface area contributed by atoms with E-state index in [2.05, 4.69) is 26.0 Å². The quantitative estimate of drug-likeness (QED) is 0.513. The standard InChI is InChI=1S/C21H18BrF2NO4/c1-27-19-8-13(2-7-18(19)29-21(23)24)11-25-20(26)12-28-17-6-4-14-9-16(22)5-3-15(14)10-17/h2-10,21H,11-12H2,1H3,(H,25,26). The molecule has 152 valence electrons. The number of benzene rings is 3. The van der Waals surface area contributed by atoms with E-state index < -0.39 is 6.61 Å². The number of hydrogen-bond acceptors (Lipinski definition) is 4. The van der Waals surface area contributed by atoms with Crippen molar-refractivity contribution in [2.45, 2.75) is 13.2 Å². The highest BCUT2D eigenvalue weighted by Gasteiger charge is 2.11. The van der Waals surface area contributed by atoms with E-state index in [9.17, 15) is 13.6 Å². The largest absolute Gasteiger partial charge is 0.493 e. The molecule has 5 nitrogen and oxygen atoms in total.